The van der Waals surface area contributed by atoms with Gasteiger partial charge < -0.3 is 15.1 Å². The zero-order valence-corrected chi connectivity index (χ0v) is 17.6. The molecule has 0 spiro atoms. The fraction of sp³-hybridized carbons (Fsp3) is 0.292. The van der Waals surface area contributed by atoms with Crippen molar-refractivity contribution in [2.24, 2.45) is 0 Å². The number of quaternary nitrogens is 2. The molecule has 1 atom stereocenters. The lowest BCUT2D eigenvalue weighted by Gasteiger charge is -2.32. The van der Waals surface area contributed by atoms with Crippen molar-refractivity contribution in [3.63, 3.8) is 0 Å². The molecule has 1 saturated heterocycles. The molecule has 31 heavy (non-hydrogen) atoms. The molecule has 0 unspecified atom stereocenters. The fourth-order valence-corrected chi connectivity index (χ4v) is 4.42. The van der Waals surface area contributed by atoms with Gasteiger partial charge in [-0.3, -0.25) is 14.9 Å². The predicted molar refractivity (Wildman–Crippen MR) is 120 cm³/mol. The van der Waals surface area contributed by atoms with Crippen LogP contribution in [-0.2, 0) is 11.3 Å². The van der Waals surface area contributed by atoms with Crippen LogP contribution in [0.3, 0.4) is 0 Å². The maximum absolute atomic E-state index is 12.7. The lowest BCUT2D eigenvalue weighted by molar-refractivity contribution is -1.02. The molecule has 4 rings (SSSR count). The zero-order valence-electron chi connectivity index (χ0n) is 17.6. The number of hydrogen-bond acceptors (Lipinski definition) is 3. The van der Waals surface area contributed by atoms with Crippen LogP contribution >= 0.6 is 0 Å². The number of nitro benzene ring substituents is 1. The minimum atomic E-state index is -0.470. The van der Waals surface area contributed by atoms with Crippen LogP contribution in [0.5, 0.6) is 0 Å². The number of carbonyl (C=O) groups excluding carboxylic acids is 1. The molecule has 3 aromatic carbocycles. The first-order valence-electron chi connectivity index (χ1n) is 10.7. The van der Waals surface area contributed by atoms with Crippen molar-refractivity contribution in [3.8, 4) is 0 Å². The largest absolute Gasteiger partial charge is 0.322 e. The average Bonchev–Trinajstić information content (AvgIpc) is 2.79. The van der Waals surface area contributed by atoms with Gasteiger partial charge in [0.2, 0.25) is 0 Å². The van der Waals surface area contributed by atoms with Crippen LogP contribution in [0, 0.1) is 10.1 Å². The number of nitrogens with zero attached hydrogens (tertiary/aromatic N) is 1. The summed E-state index contributed by atoms with van der Waals surface area (Å²) in [6.45, 7) is 6.64. The van der Waals surface area contributed by atoms with E-state index in [0.717, 1.165) is 32.7 Å². The van der Waals surface area contributed by atoms with Gasteiger partial charge in [0.1, 0.15) is 38.4 Å². The van der Waals surface area contributed by atoms with Crippen LogP contribution in [-0.4, -0.2) is 43.1 Å². The molecule has 0 radical (unpaired) electrons. The summed E-state index contributed by atoms with van der Waals surface area (Å²) in [5.41, 5.74) is 1.53. The molecule has 7 heteroatoms. The Balaban J connectivity index is 1.35. The quantitative estimate of drug-likeness (QED) is 0.412. The number of nitrogens with one attached hydrogen (secondary N) is 3. The molecule has 7 nitrogen and oxygen atoms in total. The zero-order chi connectivity index (χ0) is 21.8. The molecule has 3 N–H and O–H groups in total. The molecule has 1 aliphatic rings. The summed E-state index contributed by atoms with van der Waals surface area (Å²) in [5, 5.41) is 16.5. The number of hydrogen-bond donors (Lipinski definition) is 3. The van der Waals surface area contributed by atoms with Crippen molar-refractivity contribution in [2.45, 2.75) is 19.5 Å². The molecule has 0 saturated carbocycles. The number of nitro groups is 1. The third-order valence-electron chi connectivity index (χ3n) is 6.28. The second-order valence-corrected chi connectivity index (χ2v) is 8.21. The van der Waals surface area contributed by atoms with Gasteiger partial charge in [-0.2, -0.15) is 0 Å². The molecule has 0 aromatic heterocycles. The topological polar surface area (TPSA) is 81.1 Å². The van der Waals surface area contributed by atoms with E-state index in [-0.39, 0.29) is 23.3 Å². The Morgan fingerprint density at radius 1 is 1.00 bits per heavy atom. The van der Waals surface area contributed by atoms with Crippen LogP contribution < -0.4 is 15.1 Å². The van der Waals surface area contributed by atoms with Crippen LogP contribution in [0.15, 0.2) is 66.7 Å². The number of benzene rings is 3. The van der Waals surface area contributed by atoms with E-state index in [9.17, 15) is 14.9 Å². The average molecular weight is 421 g/mol. The number of fused-ring (bicyclic) bond motifs is 1. The van der Waals surface area contributed by atoms with Crippen LogP contribution in [0.1, 0.15) is 12.5 Å². The SMILES string of the molecule is C[C@H](C(=O)Nc1ccccc1[N+](=O)[O-])[NH+]1CC[NH+](Cc2cccc3ccccc23)CC1. The van der Waals surface area contributed by atoms with E-state index >= 15 is 0 Å². The normalized spacial score (nSPS) is 19.6. The van der Waals surface area contributed by atoms with Crippen LogP contribution in [0.2, 0.25) is 0 Å². The fourth-order valence-electron chi connectivity index (χ4n) is 4.42. The molecule has 0 aliphatic carbocycles. The summed E-state index contributed by atoms with van der Waals surface area (Å²) in [4.78, 5) is 26.2. The van der Waals surface area contributed by atoms with Crippen molar-refractivity contribution in [1.82, 2.24) is 0 Å². The van der Waals surface area contributed by atoms with Gasteiger partial charge >= 0.3 is 0 Å². The highest BCUT2D eigenvalue weighted by Crippen LogP contribution is 2.23. The number of para-hydroxylation sites is 2. The highest BCUT2D eigenvalue weighted by atomic mass is 16.6. The molecule has 1 heterocycles. The lowest BCUT2D eigenvalue weighted by Crippen LogP contribution is -3.29. The second kappa shape index (κ2) is 9.24. The van der Waals surface area contributed by atoms with Gasteiger partial charge in [-0.15, -0.1) is 0 Å². The molecule has 160 valence electrons. The van der Waals surface area contributed by atoms with Gasteiger partial charge in [-0.1, -0.05) is 54.6 Å². The Labute approximate surface area is 181 Å². The molecule has 1 fully saturated rings. The van der Waals surface area contributed by atoms with E-state index in [2.05, 4.69) is 47.8 Å². The first-order valence-corrected chi connectivity index (χ1v) is 10.7. The van der Waals surface area contributed by atoms with Crippen molar-refractivity contribution < 1.29 is 19.5 Å². The number of amides is 1. The van der Waals surface area contributed by atoms with E-state index in [1.165, 1.54) is 32.2 Å². The third kappa shape index (κ3) is 4.73. The molecule has 0 bridgehead atoms. The Morgan fingerprint density at radius 2 is 1.68 bits per heavy atom. The minimum absolute atomic E-state index is 0.0811. The summed E-state index contributed by atoms with van der Waals surface area (Å²) in [5.74, 6) is -0.179. The van der Waals surface area contributed by atoms with E-state index < -0.39 is 4.92 Å². The van der Waals surface area contributed by atoms with Crippen LogP contribution in [0.4, 0.5) is 11.4 Å². The lowest BCUT2D eigenvalue weighted by atomic mass is 10.0. The van der Waals surface area contributed by atoms with Crippen LogP contribution in [0.25, 0.3) is 10.8 Å². The first-order chi connectivity index (χ1) is 15.0. The highest BCUT2D eigenvalue weighted by Gasteiger charge is 2.32. The smallest absolute Gasteiger partial charge is 0.292 e. The Hall–Kier alpha value is -3.29. The number of piperazine rings is 1. The standard InChI is InChI=1S/C24H26N4O3/c1-18(24(29)25-22-11-4-5-12-23(22)28(30)31)27-15-13-26(14-16-27)17-20-9-6-8-19-7-2-3-10-21(19)20/h2-12,18H,13-17H2,1H3,(H,25,29)/p+2/t18-/m1/s1. The second-order valence-electron chi connectivity index (χ2n) is 8.21. The van der Waals surface area contributed by atoms with E-state index in [0.29, 0.717) is 0 Å². The number of carbonyl (C=O) groups is 1. The van der Waals surface area contributed by atoms with Gasteiger partial charge in [0.05, 0.1) is 4.92 Å². The Kier molecular flexibility index (Phi) is 6.25. The molecule has 1 aliphatic heterocycles. The molecule has 1 amide bonds. The Morgan fingerprint density at radius 3 is 2.45 bits per heavy atom. The van der Waals surface area contributed by atoms with Gasteiger partial charge in [0.15, 0.2) is 6.04 Å². The van der Waals surface area contributed by atoms with Crippen molar-refractivity contribution >= 4 is 28.1 Å². The third-order valence-corrected chi connectivity index (χ3v) is 6.28. The van der Waals surface area contributed by atoms with Gasteiger partial charge in [-0.25, -0.2) is 0 Å². The van der Waals surface area contributed by atoms with Gasteiger partial charge in [-0.05, 0) is 23.8 Å². The minimum Gasteiger partial charge on any atom is -0.322 e. The summed E-state index contributed by atoms with van der Waals surface area (Å²) in [6.07, 6.45) is 0. The first kappa shape index (κ1) is 21.0. The summed E-state index contributed by atoms with van der Waals surface area (Å²) in [6, 6.07) is 21.0. The van der Waals surface area contributed by atoms with E-state index in [1.54, 1.807) is 18.2 Å². The Bertz CT molecular complexity index is 1090. The molecule has 3 aromatic rings. The number of anilines is 1. The predicted octanol–water partition coefficient (Wildman–Crippen LogP) is 1.06. The summed E-state index contributed by atoms with van der Waals surface area (Å²) < 4.78 is 0. The molecular formula is C24H28N4O3+2. The van der Waals surface area contributed by atoms with Gasteiger partial charge in [0.25, 0.3) is 11.6 Å². The van der Waals surface area contributed by atoms with Crippen molar-refractivity contribution in [1.29, 1.82) is 0 Å². The van der Waals surface area contributed by atoms with E-state index in [1.807, 2.05) is 6.92 Å². The monoisotopic (exact) mass is 420 g/mol. The summed E-state index contributed by atoms with van der Waals surface area (Å²) in [7, 11) is 0. The van der Waals surface area contributed by atoms with E-state index in [4.69, 9.17) is 0 Å². The van der Waals surface area contributed by atoms with Crippen molar-refractivity contribution in [3.05, 3.63) is 82.4 Å². The van der Waals surface area contributed by atoms with Crippen molar-refractivity contribution in [2.75, 3.05) is 31.5 Å². The highest BCUT2D eigenvalue weighted by molar-refractivity contribution is 5.95. The molecular weight excluding hydrogens is 392 g/mol. The maximum Gasteiger partial charge on any atom is 0.292 e. The maximum atomic E-state index is 12.7. The summed E-state index contributed by atoms with van der Waals surface area (Å²) >= 11 is 0. The number of rotatable bonds is 6. The van der Waals surface area contributed by atoms with Gasteiger partial charge in [0, 0.05) is 11.6 Å².